The molecule has 1 aromatic carbocycles. The third kappa shape index (κ3) is 4.78. The fraction of sp³-hybridized carbons (Fsp3) is 0.476. The Kier molecular flexibility index (Phi) is 7.75. The largest absolute Gasteiger partial charge is 0.384 e. The van der Waals surface area contributed by atoms with Gasteiger partial charge in [0.25, 0.3) is 5.56 Å². The minimum absolute atomic E-state index is 0.0542. The zero-order chi connectivity index (χ0) is 20.7. The van der Waals surface area contributed by atoms with Crippen LogP contribution < -0.4 is 17.0 Å². The number of anilines is 1. The molecule has 2 N–H and O–H groups in total. The van der Waals surface area contributed by atoms with E-state index in [1.54, 1.807) is 6.92 Å². The number of carbonyl (C=O) groups is 1. The van der Waals surface area contributed by atoms with E-state index in [0.29, 0.717) is 0 Å². The zero-order valence-corrected chi connectivity index (χ0v) is 17.0. The van der Waals surface area contributed by atoms with Crippen molar-refractivity contribution in [1.82, 2.24) is 14.0 Å². The lowest BCUT2D eigenvalue weighted by atomic mass is 10.1. The molecular weight excluding hydrogens is 356 g/mol. The second-order valence-electron chi connectivity index (χ2n) is 6.86. The first-order valence-electron chi connectivity index (χ1n) is 9.87. The van der Waals surface area contributed by atoms with Gasteiger partial charge in [0.15, 0.2) is 5.78 Å². The minimum atomic E-state index is -0.604. The van der Waals surface area contributed by atoms with Gasteiger partial charge in [-0.2, -0.15) is 0 Å². The molecule has 0 atom stereocenters. The summed E-state index contributed by atoms with van der Waals surface area (Å²) in [4.78, 5) is 40.6. The summed E-state index contributed by atoms with van der Waals surface area (Å²) < 4.78 is 2.40. The Hall–Kier alpha value is -2.67. The van der Waals surface area contributed by atoms with Crippen LogP contribution in [0.2, 0.25) is 0 Å². The van der Waals surface area contributed by atoms with Crippen molar-refractivity contribution in [2.24, 2.45) is 0 Å². The summed E-state index contributed by atoms with van der Waals surface area (Å²) in [6.45, 7) is 7.85. The molecule has 28 heavy (non-hydrogen) atoms. The fourth-order valence-corrected chi connectivity index (χ4v) is 3.36. The van der Waals surface area contributed by atoms with Crippen molar-refractivity contribution in [3.63, 3.8) is 0 Å². The number of hydrogen-bond donors (Lipinski definition) is 1. The van der Waals surface area contributed by atoms with Crippen LogP contribution in [0, 0.1) is 0 Å². The molecule has 0 bridgehead atoms. The van der Waals surface area contributed by atoms with Gasteiger partial charge in [0.2, 0.25) is 0 Å². The van der Waals surface area contributed by atoms with Gasteiger partial charge >= 0.3 is 5.69 Å². The van der Waals surface area contributed by atoms with Crippen LogP contribution in [-0.2, 0) is 13.1 Å². The Morgan fingerprint density at radius 1 is 1.00 bits per heavy atom. The van der Waals surface area contributed by atoms with Crippen LogP contribution >= 0.6 is 0 Å². The molecule has 152 valence electrons. The number of nitrogens with zero attached hydrogens (tertiary/aromatic N) is 3. The molecule has 2 aromatic rings. The average Bonchev–Trinajstić information content (AvgIpc) is 2.67. The van der Waals surface area contributed by atoms with E-state index in [1.807, 2.05) is 49.1 Å². The first kappa shape index (κ1) is 21.6. The highest BCUT2D eigenvalue weighted by Gasteiger charge is 2.23. The van der Waals surface area contributed by atoms with Crippen LogP contribution in [0.15, 0.2) is 39.9 Å². The van der Waals surface area contributed by atoms with Gasteiger partial charge in [0.05, 0.1) is 13.1 Å². The molecular formula is C21H30N4O3. The molecule has 1 aromatic heterocycles. The predicted molar refractivity (Wildman–Crippen MR) is 112 cm³/mol. The van der Waals surface area contributed by atoms with Gasteiger partial charge in [-0.1, -0.05) is 44.2 Å². The molecule has 0 aliphatic carbocycles. The molecule has 0 aliphatic heterocycles. The number of Topliss-reactive ketones (excluding diaryl/α,β-unsaturated/α-hetero) is 1. The van der Waals surface area contributed by atoms with Gasteiger partial charge < -0.3 is 5.73 Å². The summed E-state index contributed by atoms with van der Waals surface area (Å²) >= 11 is 0. The van der Waals surface area contributed by atoms with E-state index in [4.69, 9.17) is 5.73 Å². The number of rotatable bonds is 10. The van der Waals surface area contributed by atoms with E-state index in [1.165, 1.54) is 4.57 Å². The maximum atomic E-state index is 13.0. The Morgan fingerprint density at radius 2 is 1.61 bits per heavy atom. The first-order chi connectivity index (χ1) is 13.4. The second-order valence-corrected chi connectivity index (χ2v) is 6.86. The lowest BCUT2D eigenvalue weighted by Gasteiger charge is -2.21. The van der Waals surface area contributed by atoms with Gasteiger partial charge in [-0.3, -0.25) is 23.6 Å². The monoisotopic (exact) mass is 386 g/mol. The highest BCUT2D eigenvalue weighted by Crippen LogP contribution is 2.11. The summed E-state index contributed by atoms with van der Waals surface area (Å²) in [6, 6.07) is 9.36. The maximum Gasteiger partial charge on any atom is 0.332 e. The highest BCUT2D eigenvalue weighted by molar-refractivity contribution is 6.01. The molecule has 2 rings (SSSR count). The Balaban J connectivity index is 2.51. The van der Waals surface area contributed by atoms with Crippen molar-refractivity contribution >= 4 is 11.6 Å². The molecule has 7 heteroatoms. The van der Waals surface area contributed by atoms with Crippen molar-refractivity contribution in [3.8, 4) is 0 Å². The molecule has 0 spiro atoms. The van der Waals surface area contributed by atoms with Crippen molar-refractivity contribution in [1.29, 1.82) is 0 Å². The molecule has 0 aliphatic rings. The van der Waals surface area contributed by atoms with Crippen LogP contribution in [0.25, 0.3) is 0 Å². The molecule has 7 nitrogen and oxygen atoms in total. The van der Waals surface area contributed by atoms with Crippen LogP contribution in [-0.4, -0.2) is 39.5 Å². The van der Waals surface area contributed by atoms with E-state index >= 15 is 0 Å². The number of nitrogens with two attached hydrogens (primary N) is 1. The van der Waals surface area contributed by atoms with Crippen molar-refractivity contribution < 1.29 is 4.79 Å². The highest BCUT2D eigenvalue weighted by atomic mass is 16.2. The topological polar surface area (TPSA) is 90.3 Å². The smallest absolute Gasteiger partial charge is 0.332 e. The molecule has 0 unspecified atom stereocenters. The number of nitrogen functional groups attached to an aromatic ring is 1. The van der Waals surface area contributed by atoms with Crippen LogP contribution in [0.3, 0.4) is 0 Å². The Bertz CT molecular complexity index is 910. The van der Waals surface area contributed by atoms with Crippen molar-refractivity contribution in [2.45, 2.75) is 46.7 Å². The van der Waals surface area contributed by atoms with E-state index in [0.717, 1.165) is 36.1 Å². The number of benzene rings is 1. The Labute approximate surface area is 165 Å². The number of aromatic nitrogens is 2. The molecule has 0 fully saturated rings. The predicted octanol–water partition coefficient (Wildman–Crippen LogP) is 1.97. The summed E-state index contributed by atoms with van der Waals surface area (Å²) in [6.07, 6.45) is 1.82. The van der Waals surface area contributed by atoms with Crippen LogP contribution in [0.5, 0.6) is 0 Å². The fourth-order valence-electron chi connectivity index (χ4n) is 3.36. The zero-order valence-electron chi connectivity index (χ0n) is 17.0. The van der Waals surface area contributed by atoms with E-state index in [-0.39, 0.29) is 36.8 Å². The summed E-state index contributed by atoms with van der Waals surface area (Å²) in [7, 11) is 0. The van der Waals surface area contributed by atoms with Crippen molar-refractivity contribution in [2.75, 3.05) is 25.4 Å². The lowest BCUT2D eigenvalue weighted by Crippen LogP contribution is -2.45. The molecule has 0 saturated carbocycles. The minimum Gasteiger partial charge on any atom is -0.384 e. The van der Waals surface area contributed by atoms with E-state index in [2.05, 4.69) is 0 Å². The SMILES string of the molecule is CCCN(CCC)CC(=O)c1c(N)n(Cc2ccccc2)c(=O)n(CC)c1=O. The van der Waals surface area contributed by atoms with E-state index < -0.39 is 11.2 Å². The third-order valence-electron chi connectivity index (χ3n) is 4.69. The number of ketones is 1. The molecule has 0 radical (unpaired) electrons. The van der Waals surface area contributed by atoms with Gasteiger partial charge in [0, 0.05) is 6.54 Å². The summed E-state index contributed by atoms with van der Waals surface area (Å²) in [5, 5.41) is 0. The standard InChI is InChI=1S/C21H30N4O3/c1-4-12-23(13-5-2)15-17(26)18-19(22)25(14-16-10-8-7-9-11-16)21(28)24(6-3)20(18)27/h7-11H,4-6,12-15,22H2,1-3H3. The normalized spacial score (nSPS) is 11.1. The van der Waals surface area contributed by atoms with E-state index in [9.17, 15) is 14.4 Å². The van der Waals surface area contributed by atoms with Gasteiger partial charge in [-0.15, -0.1) is 0 Å². The number of hydrogen-bond acceptors (Lipinski definition) is 5. The van der Waals surface area contributed by atoms with Gasteiger partial charge in [-0.25, -0.2) is 4.79 Å². The first-order valence-corrected chi connectivity index (χ1v) is 9.87. The Morgan fingerprint density at radius 3 is 2.14 bits per heavy atom. The average molecular weight is 386 g/mol. The van der Waals surface area contributed by atoms with Gasteiger partial charge in [-0.05, 0) is 38.4 Å². The lowest BCUT2D eigenvalue weighted by molar-refractivity contribution is 0.0928. The molecule has 1 heterocycles. The summed E-state index contributed by atoms with van der Waals surface area (Å²) in [5.74, 6) is -0.394. The second kappa shape index (κ2) is 10.0. The quantitative estimate of drug-likeness (QED) is 0.631. The van der Waals surface area contributed by atoms with Crippen LogP contribution in [0.1, 0.15) is 49.5 Å². The summed E-state index contributed by atoms with van der Waals surface area (Å²) in [5.41, 5.74) is 5.87. The third-order valence-corrected chi connectivity index (χ3v) is 4.69. The van der Waals surface area contributed by atoms with Crippen molar-refractivity contribution in [3.05, 3.63) is 62.3 Å². The number of carbonyl (C=O) groups excluding carboxylic acids is 1. The van der Waals surface area contributed by atoms with Crippen LogP contribution in [0.4, 0.5) is 5.82 Å². The molecule has 0 saturated heterocycles. The van der Waals surface area contributed by atoms with Gasteiger partial charge in [0.1, 0.15) is 11.4 Å². The maximum absolute atomic E-state index is 13.0. The molecule has 0 amide bonds.